The van der Waals surface area contributed by atoms with E-state index in [-0.39, 0.29) is 5.91 Å². The first-order chi connectivity index (χ1) is 9.16. The Morgan fingerprint density at radius 1 is 1.21 bits per heavy atom. The summed E-state index contributed by atoms with van der Waals surface area (Å²) >= 11 is 7.77. The van der Waals surface area contributed by atoms with E-state index in [0.717, 1.165) is 23.1 Å². The lowest BCUT2D eigenvalue weighted by Crippen LogP contribution is -2.29. The fourth-order valence-corrected chi connectivity index (χ4v) is 3.23. The molecule has 2 aromatic rings. The maximum atomic E-state index is 12.6. The van der Waals surface area contributed by atoms with Gasteiger partial charge in [-0.3, -0.25) is 4.79 Å². The van der Waals surface area contributed by atoms with E-state index in [9.17, 15) is 4.79 Å². The SMILES string of the molecule is O=C(c1ccc(Br)cc1S)N1CCc2ccccc21. The third kappa shape index (κ3) is 2.30. The van der Waals surface area contributed by atoms with Crippen LogP contribution >= 0.6 is 28.6 Å². The number of anilines is 1. The summed E-state index contributed by atoms with van der Waals surface area (Å²) in [5.41, 5.74) is 2.89. The number of carbonyl (C=O) groups excluding carboxylic acids is 1. The van der Waals surface area contributed by atoms with E-state index in [4.69, 9.17) is 0 Å². The van der Waals surface area contributed by atoms with Gasteiger partial charge >= 0.3 is 0 Å². The number of fused-ring (bicyclic) bond motifs is 1. The molecule has 2 aromatic carbocycles. The summed E-state index contributed by atoms with van der Waals surface area (Å²) in [6.07, 6.45) is 0.917. The molecule has 0 saturated carbocycles. The molecule has 0 saturated heterocycles. The van der Waals surface area contributed by atoms with Gasteiger partial charge in [0.25, 0.3) is 5.91 Å². The number of halogens is 1. The molecule has 4 heteroatoms. The molecule has 0 N–H and O–H groups in total. The Hall–Kier alpha value is -1.26. The highest BCUT2D eigenvalue weighted by molar-refractivity contribution is 9.10. The van der Waals surface area contributed by atoms with Crippen LogP contribution in [-0.2, 0) is 6.42 Å². The highest BCUT2D eigenvalue weighted by Crippen LogP contribution is 2.30. The number of hydrogen-bond acceptors (Lipinski definition) is 2. The van der Waals surface area contributed by atoms with Crippen LogP contribution in [0.1, 0.15) is 15.9 Å². The summed E-state index contributed by atoms with van der Waals surface area (Å²) in [6, 6.07) is 13.6. The minimum atomic E-state index is 0.0162. The second-order valence-electron chi connectivity index (χ2n) is 4.50. The van der Waals surface area contributed by atoms with Crippen molar-refractivity contribution in [2.75, 3.05) is 11.4 Å². The molecule has 0 spiro atoms. The van der Waals surface area contributed by atoms with E-state index in [1.807, 2.05) is 41.3 Å². The van der Waals surface area contributed by atoms with Gasteiger partial charge in [0.1, 0.15) is 0 Å². The molecule has 96 valence electrons. The average molecular weight is 334 g/mol. The summed E-state index contributed by atoms with van der Waals surface area (Å²) in [6.45, 7) is 0.738. The molecule has 0 bridgehead atoms. The molecule has 0 fully saturated rings. The number of carbonyl (C=O) groups is 1. The Morgan fingerprint density at radius 2 is 2.00 bits per heavy atom. The molecule has 1 heterocycles. The lowest BCUT2D eigenvalue weighted by molar-refractivity contribution is 0.0986. The van der Waals surface area contributed by atoms with E-state index < -0.39 is 0 Å². The number of nitrogens with zero attached hydrogens (tertiary/aromatic N) is 1. The monoisotopic (exact) mass is 333 g/mol. The quantitative estimate of drug-likeness (QED) is 0.783. The van der Waals surface area contributed by atoms with E-state index >= 15 is 0 Å². The number of rotatable bonds is 1. The Kier molecular flexibility index (Phi) is 3.37. The molecule has 0 aromatic heterocycles. The Morgan fingerprint density at radius 3 is 2.79 bits per heavy atom. The number of benzene rings is 2. The van der Waals surface area contributed by atoms with Crippen molar-refractivity contribution < 1.29 is 4.79 Å². The minimum Gasteiger partial charge on any atom is -0.308 e. The first-order valence-electron chi connectivity index (χ1n) is 6.05. The van der Waals surface area contributed by atoms with E-state index in [1.165, 1.54) is 5.56 Å². The van der Waals surface area contributed by atoms with Gasteiger partial charge in [0.15, 0.2) is 0 Å². The van der Waals surface area contributed by atoms with Gasteiger partial charge in [-0.1, -0.05) is 34.1 Å². The number of thiol groups is 1. The van der Waals surface area contributed by atoms with Crippen LogP contribution in [0.25, 0.3) is 0 Å². The van der Waals surface area contributed by atoms with E-state index in [1.54, 1.807) is 0 Å². The number of hydrogen-bond donors (Lipinski definition) is 1. The lowest BCUT2D eigenvalue weighted by atomic mass is 10.1. The van der Waals surface area contributed by atoms with Crippen LogP contribution in [0.4, 0.5) is 5.69 Å². The molecule has 1 aliphatic rings. The predicted octanol–water partition coefficient (Wildman–Crippen LogP) is 3.94. The standard InChI is InChI=1S/C15H12BrNOS/c16-11-5-6-12(14(19)9-11)15(18)17-8-7-10-3-1-2-4-13(10)17/h1-6,9,19H,7-8H2. The van der Waals surface area contributed by atoms with Crippen LogP contribution < -0.4 is 4.90 Å². The molecule has 0 unspecified atom stereocenters. The maximum Gasteiger partial charge on any atom is 0.259 e. The first-order valence-corrected chi connectivity index (χ1v) is 7.29. The van der Waals surface area contributed by atoms with Crippen molar-refractivity contribution in [1.29, 1.82) is 0 Å². The molecule has 1 aliphatic heterocycles. The van der Waals surface area contributed by atoms with Crippen LogP contribution in [0.2, 0.25) is 0 Å². The molecular formula is C15H12BrNOS. The van der Waals surface area contributed by atoms with Crippen LogP contribution in [-0.4, -0.2) is 12.5 Å². The van der Waals surface area contributed by atoms with E-state index in [2.05, 4.69) is 34.6 Å². The zero-order valence-corrected chi connectivity index (χ0v) is 12.6. The van der Waals surface area contributed by atoms with Crippen molar-refractivity contribution in [2.24, 2.45) is 0 Å². The maximum absolute atomic E-state index is 12.6. The average Bonchev–Trinajstić information content (AvgIpc) is 2.82. The van der Waals surface area contributed by atoms with Crippen molar-refractivity contribution in [3.05, 3.63) is 58.1 Å². The van der Waals surface area contributed by atoms with Crippen LogP contribution in [0, 0.1) is 0 Å². The molecule has 19 heavy (non-hydrogen) atoms. The van der Waals surface area contributed by atoms with Crippen molar-refractivity contribution in [3.63, 3.8) is 0 Å². The highest BCUT2D eigenvalue weighted by atomic mass is 79.9. The van der Waals surface area contributed by atoms with Gasteiger partial charge in [0, 0.05) is 21.6 Å². The predicted molar refractivity (Wildman–Crippen MR) is 83.2 cm³/mol. The molecule has 0 atom stereocenters. The van der Waals surface area contributed by atoms with Crippen molar-refractivity contribution >= 4 is 40.2 Å². The van der Waals surface area contributed by atoms with Gasteiger partial charge in [-0.2, -0.15) is 0 Å². The van der Waals surface area contributed by atoms with Gasteiger partial charge in [0.2, 0.25) is 0 Å². The number of amides is 1. The Bertz CT molecular complexity index is 656. The molecule has 0 aliphatic carbocycles. The van der Waals surface area contributed by atoms with Gasteiger partial charge in [-0.25, -0.2) is 0 Å². The smallest absolute Gasteiger partial charge is 0.259 e. The van der Waals surface area contributed by atoms with Crippen molar-refractivity contribution in [3.8, 4) is 0 Å². The van der Waals surface area contributed by atoms with Crippen LogP contribution in [0.3, 0.4) is 0 Å². The van der Waals surface area contributed by atoms with Crippen molar-refractivity contribution in [2.45, 2.75) is 11.3 Å². The molecule has 0 radical (unpaired) electrons. The third-order valence-corrected chi connectivity index (χ3v) is 4.19. The largest absolute Gasteiger partial charge is 0.308 e. The van der Waals surface area contributed by atoms with Crippen LogP contribution in [0.5, 0.6) is 0 Å². The Labute approximate surface area is 126 Å². The van der Waals surface area contributed by atoms with Crippen LogP contribution in [0.15, 0.2) is 51.8 Å². The molecule has 2 nitrogen and oxygen atoms in total. The highest BCUT2D eigenvalue weighted by Gasteiger charge is 2.26. The van der Waals surface area contributed by atoms with Gasteiger partial charge in [0.05, 0.1) is 5.56 Å². The second kappa shape index (κ2) is 5.02. The Balaban J connectivity index is 1.98. The fourth-order valence-electron chi connectivity index (χ4n) is 2.38. The summed E-state index contributed by atoms with van der Waals surface area (Å²) in [5, 5.41) is 0. The summed E-state index contributed by atoms with van der Waals surface area (Å²) in [5.74, 6) is 0.0162. The topological polar surface area (TPSA) is 20.3 Å². The zero-order chi connectivity index (χ0) is 13.4. The lowest BCUT2D eigenvalue weighted by Gasteiger charge is -2.18. The second-order valence-corrected chi connectivity index (χ2v) is 5.89. The fraction of sp³-hybridized carbons (Fsp3) is 0.133. The summed E-state index contributed by atoms with van der Waals surface area (Å²) in [7, 11) is 0. The minimum absolute atomic E-state index is 0.0162. The zero-order valence-electron chi connectivity index (χ0n) is 10.1. The molecule has 1 amide bonds. The van der Waals surface area contributed by atoms with Gasteiger partial charge in [-0.15, -0.1) is 12.6 Å². The molecular weight excluding hydrogens is 322 g/mol. The normalized spacial score (nSPS) is 13.5. The third-order valence-electron chi connectivity index (χ3n) is 3.32. The molecule has 3 rings (SSSR count). The van der Waals surface area contributed by atoms with Crippen molar-refractivity contribution in [1.82, 2.24) is 0 Å². The summed E-state index contributed by atoms with van der Waals surface area (Å²) in [4.78, 5) is 15.1. The summed E-state index contributed by atoms with van der Waals surface area (Å²) < 4.78 is 0.927. The van der Waals surface area contributed by atoms with E-state index in [0.29, 0.717) is 10.5 Å². The van der Waals surface area contributed by atoms with Gasteiger partial charge < -0.3 is 4.90 Å². The first kappa shape index (κ1) is 12.8. The number of para-hydroxylation sites is 1. The van der Waals surface area contributed by atoms with Gasteiger partial charge in [-0.05, 0) is 36.2 Å².